The van der Waals surface area contributed by atoms with Crippen molar-refractivity contribution >= 4 is 28.7 Å². The van der Waals surface area contributed by atoms with Gasteiger partial charge < -0.3 is 24.5 Å². The molecule has 6 rings (SSSR count). The number of fused-ring (bicyclic) bond motifs is 2. The summed E-state index contributed by atoms with van der Waals surface area (Å²) in [5, 5.41) is 3.39. The molecule has 3 saturated heterocycles. The van der Waals surface area contributed by atoms with Crippen LogP contribution >= 0.6 is 11.6 Å². The van der Waals surface area contributed by atoms with E-state index in [2.05, 4.69) is 20.3 Å². The first-order valence-electron chi connectivity index (χ1n) is 10.00. The predicted octanol–water partition coefficient (Wildman–Crippen LogP) is 2.77. The minimum Gasteiger partial charge on any atom is -0.456 e. The lowest BCUT2D eigenvalue weighted by Crippen LogP contribution is -2.41. The van der Waals surface area contributed by atoms with Gasteiger partial charge in [-0.1, -0.05) is 35.9 Å². The van der Waals surface area contributed by atoms with Gasteiger partial charge in [0, 0.05) is 12.2 Å². The number of carbonyl (C=O) groups is 1. The van der Waals surface area contributed by atoms with Crippen LogP contribution in [0, 0.1) is 0 Å². The number of H-pyrrole nitrogens is 1. The van der Waals surface area contributed by atoms with Gasteiger partial charge in [0.2, 0.25) is 5.91 Å². The van der Waals surface area contributed by atoms with Crippen LogP contribution in [-0.2, 0) is 14.3 Å². The summed E-state index contributed by atoms with van der Waals surface area (Å²) in [5.41, 5.74) is 3.83. The molecule has 1 aromatic carbocycles. The normalized spacial score (nSPS) is 27.7. The zero-order chi connectivity index (χ0) is 20.2. The van der Waals surface area contributed by atoms with E-state index in [0.717, 1.165) is 17.5 Å². The number of hydrogen-bond donors (Lipinski definition) is 2. The molecule has 30 heavy (non-hydrogen) atoms. The van der Waals surface area contributed by atoms with Crippen LogP contribution < -0.4 is 10.1 Å². The van der Waals surface area contributed by atoms with Crippen LogP contribution in [0.25, 0.3) is 22.4 Å². The molecule has 5 heterocycles. The van der Waals surface area contributed by atoms with Gasteiger partial charge in [-0.2, -0.15) is 4.98 Å². The van der Waals surface area contributed by atoms with Crippen LogP contribution in [0.15, 0.2) is 30.3 Å². The Labute approximate surface area is 176 Å². The van der Waals surface area contributed by atoms with Gasteiger partial charge in [-0.3, -0.25) is 4.79 Å². The number of benzene rings is 1. The van der Waals surface area contributed by atoms with Crippen molar-refractivity contribution < 1.29 is 19.0 Å². The average Bonchev–Trinajstić information content (AvgIpc) is 3.42. The fraction of sp³-hybridized carbons (Fsp3) is 0.381. The first-order valence-corrected chi connectivity index (χ1v) is 10.4. The summed E-state index contributed by atoms with van der Waals surface area (Å²) in [4.78, 5) is 23.4. The van der Waals surface area contributed by atoms with Crippen LogP contribution in [0.1, 0.15) is 24.4 Å². The fourth-order valence-corrected chi connectivity index (χ4v) is 4.52. The number of carbonyl (C=O) groups excluding carboxylic acids is 1. The molecule has 3 fully saturated rings. The Hall–Kier alpha value is -2.68. The Kier molecular flexibility index (Phi) is 4.19. The average molecular weight is 427 g/mol. The van der Waals surface area contributed by atoms with E-state index in [1.165, 1.54) is 0 Å². The standard InChI is InChI=1S/C21H19ClN4O4/c22-12-7-14-20(26-21(24-14)30-16-9-29-15-5-6-28-19(15)16)25-18(12)11-3-1-10(2-4-11)13-8-17(27)23-13/h1-4,7,13,15-16,19H,5-6,8-9H2,(H,23,27)(H,24,25,26)/t13?,15-,16?,19+/m1/s1. The third kappa shape index (κ3) is 3.03. The van der Waals surface area contributed by atoms with Crippen molar-refractivity contribution in [3.05, 3.63) is 40.9 Å². The zero-order valence-corrected chi connectivity index (χ0v) is 16.7. The first-order chi connectivity index (χ1) is 14.6. The molecule has 3 aliphatic heterocycles. The summed E-state index contributed by atoms with van der Waals surface area (Å²) in [7, 11) is 0. The zero-order valence-electron chi connectivity index (χ0n) is 15.9. The number of hydrogen-bond acceptors (Lipinski definition) is 6. The highest BCUT2D eigenvalue weighted by atomic mass is 35.5. The molecule has 2 aromatic heterocycles. The van der Waals surface area contributed by atoms with Crippen molar-refractivity contribution in [1.29, 1.82) is 0 Å². The molecule has 1 amide bonds. The molecule has 0 spiro atoms. The molecule has 8 nitrogen and oxygen atoms in total. The topological polar surface area (TPSA) is 98.4 Å². The molecular weight excluding hydrogens is 408 g/mol. The Balaban J connectivity index is 1.25. The van der Waals surface area contributed by atoms with Crippen LogP contribution in [-0.4, -0.2) is 52.4 Å². The van der Waals surface area contributed by atoms with Gasteiger partial charge in [-0.05, 0) is 18.1 Å². The van der Waals surface area contributed by atoms with Gasteiger partial charge in [-0.25, -0.2) is 4.98 Å². The Morgan fingerprint density at radius 2 is 2.00 bits per heavy atom. The third-order valence-electron chi connectivity index (χ3n) is 5.90. The van der Waals surface area contributed by atoms with Crippen molar-refractivity contribution in [3.63, 3.8) is 0 Å². The highest BCUT2D eigenvalue weighted by molar-refractivity contribution is 6.33. The monoisotopic (exact) mass is 426 g/mol. The maximum Gasteiger partial charge on any atom is 0.296 e. The van der Waals surface area contributed by atoms with E-state index in [9.17, 15) is 4.79 Å². The molecular formula is C21H19ClN4O4. The summed E-state index contributed by atoms with van der Waals surface area (Å²) in [6.45, 7) is 1.18. The number of amides is 1. The highest BCUT2D eigenvalue weighted by Gasteiger charge is 2.43. The Bertz CT molecular complexity index is 1120. The number of aromatic amines is 1. The quantitative estimate of drug-likeness (QED) is 0.622. The van der Waals surface area contributed by atoms with Gasteiger partial charge in [0.25, 0.3) is 6.01 Å². The second-order valence-electron chi connectivity index (χ2n) is 7.83. The molecule has 0 radical (unpaired) electrons. The predicted molar refractivity (Wildman–Crippen MR) is 108 cm³/mol. The van der Waals surface area contributed by atoms with E-state index in [4.69, 9.17) is 25.8 Å². The lowest BCUT2D eigenvalue weighted by molar-refractivity contribution is -0.128. The van der Waals surface area contributed by atoms with Crippen molar-refractivity contribution in [2.75, 3.05) is 13.2 Å². The van der Waals surface area contributed by atoms with E-state index in [1.54, 1.807) is 6.07 Å². The lowest BCUT2D eigenvalue weighted by atomic mass is 9.96. The number of aromatic nitrogens is 3. The van der Waals surface area contributed by atoms with Crippen LogP contribution in [0.2, 0.25) is 5.02 Å². The van der Waals surface area contributed by atoms with E-state index in [-0.39, 0.29) is 30.3 Å². The van der Waals surface area contributed by atoms with E-state index >= 15 is 0 Å². The van der Waals surface area contributed by atoms with Crippen LogP contribution in [0.5, 0.6) is 6.01 Å². The van der Waals surface area contributed by atoms with Crippen molar-refractivity contribution in [1.82, 2.24) is 20.3 Å². The molecule has 154 valence electrons. The lowest BCUT2D eigenvalue weighted by Gasteiger charge is -2.27. The molecule has 0 aliphatic carbocycles. The molecule has 0 saturated carbocycles. The SMILES string of the molecule is O=C1CC(c2ccc(-c3nc4nc(OC5CO[C@@H]6CCO[C@H]56)[nH]c4cc3Cl)cc2)N1. The number of nitrogens with one attached hydrogen (secondary N) is 2. The van der Waals surface area contributed by atoms with Crippen molar-refractivity contribution in [2.24, 2.45) is 0 Å². The summed E-state index contributed by atoms with van der Waals surface area (Å²) in [5.74, 6) is 0.0787. The summed E-state index contributed by atoms with van der Waals surface area (Å²) < 4.78 is 17.4. The maximum atomic E-state index is 11.1. The second kappa shape index (κ2) is 6.94. The van der Waals surface area contributed by atoms with Gasteiger partial charge in [0.15, 0.2) is 11.8 Å². The molecule has 4 atom stereocenters. The second-order valence-corrected chi connectivity index (χ2v) is 8.24. The largest absolute Gasteiger partial charge is 0.456 e. The van der Waals surface area contributed by atoms with Gasteiger partial charge in [-0.15, -0.1) is 0 Å². The highest BCUT2D eigenvalue weighted by Crippen LogP contribution is 2.33. The molecule has 2 N–H and O–H groups in total. The van der Waals surface area contributed by atoms with Crippen LogP contribution in [0.3, 0.4) is 0 Å². The Morgan fingerprint density at radius 1 is 1.17 bits per heavy atom. The first kappa shape index (κ1) is 18.1. The summed E-state index contributed by atoms with van der Waals surface area (Å²) in [6.07, 6.45) is 1.29. The molecule has 2 unspecified atom stereocenters. The number of nitrogens with zero attached hydrogens (tertiary/aromatic N) is 2. The van der Waals surface area contributed by atoms with Crippen molar-refractivity contribution in [3.8, 4) is 17.3 Å². The third-order valence-corrected chi connectivity index (χ3v) is 6.19. The van der Waals surface area contributed by atoms with E-state index < -0.39 is 0 Å². The van der Waals surface area contributed by atoms with E-state index in [0.29, 0.717) is 47.5 Å². The number of halogens is 1. The minimum atomic E-state index is -0.187. The molecule has 9 heteroatoms. The molecule has 3 aromatic rings. The Morgan fingerprint density at radius 3 is 2.80 bits per heavy atom. The summed E-state index contributed by atoms with van der Waals surface area (Å²) >= 11 is 6.50. The number of β-lactam (4-membered cyclic amide) rings is 1. The van der Waals surface area contributed by atoms with Gasteiger partial charge in [0.1, 0.15) is 6.10 Å². The molecule has 0 bridgehead atoms. The van der Waals surface area contributed by atoms with Crippen LogP contribution in [0.4, 0.5) is 0 Å². The number of rotatable bonds is 4. The number of pyridine rings is 1. The van der Waals surface area contributed by atoms with Crippen molar-refractivity contribution in [2.45, 2.75) is 37.2 Å². The van der Waals surface area contributed by atoms with Gasteiger partial charge in [0.05, 0.1) is 41.4 Å². The number of ether oxygens (including phenoxy) is 3. The fourth-order valence-electron chi connectivity index (χ4n) is 4.26. The smallest absolute Gasteiger partial charge is 0.296 e. The number of imidazole rings is 1. The van der Waals surface area contributed by atoms with E-state index in [1.807, 2.05) is 24.3 Å². The molecule has 3 aliphatic rings. The summed E-state index contributed by atoms with van der Waals surface area (Å²) in [6, 6.07) is 10.2. The minimum absolute atomic E-state index is 0.0516. The maximum absolute atomic E-state index is 11.1. The van der Waals surface area contributed by atoms with Gasteiger partial charge >= 0.3 is 0 Å².